The molecule has 0 unspecified atom stereocenters. The number of nitrogens with one attached hydrogen (secondary N) is 1. The predicted molar refractivity (Wildman–Crippen MR) is 97.0 cm³/mol. The third kappa shape index (κ3) is 4.87. The van der Waals surface area contributed by atoms with E-state index in [1.54, 1.807) is 0 Å². The first-order valence-electron chi connectivity index (χ1n) is 8.54. The molecule has 2 aromatic carbocycles. The van der Waals surface area contributed by atoms with Crippen molar-refractivity contribution in [2.24, 2.45) is 0 Å². The molecule has 7 heteroatoms. The average molecular weight is 378 g/mol. The first-order chi connectivity index (χ1) is 12.8. The number of benzene rings is 2. The highest BCUT2D eigenvalue weighted by molar-refractivity contribution is 6.04. The molecular weight excluding hydrogens is 360 g/mol. The van der Waals surface area contributed by atoms with Crippen LogP contribution in [0.1, 0.15) is 24.0 Å². The Morgan fingerprint density at radius 1 is 1.04 bits per heavy atom. The zero-order chi connectivity index (χ0) is 19.4. The normalized spacial score (nSPS) is 14.7. The van der Waals surface area contributed by atoms with Crippen LogP contribution >= 0.6 is 0 Å². The van der Waals surface area contributed by atoms with E-state index in [0.29, 0.717) is 11.3 Å². The minimum Gasteiger partial charge on any atom is -0.370 e. The van der Waals surface area contributed by atoms with Gasteiger partial charge in [-0.1, -0.05) is 12.1 Å². The van der Waals surface area contributed by atoms with Crippen molar-refractivity contribution in [2.45, 2.75) is 19.0 Å². The molecule has 1 heterocycles. The summed E-state index contributed by atoms with van der Waals surface area (Å²) >= 11 is 0. The largest absolute Gasteiger partial charge is 0.416 e. The lowest BCUT2D eigenvalue weighted by Crippen LogP contribution is -2.21. The van der Waals surface area contributed by atoms with Gasteiger partial charge >= 0.3 is 6.18 Å². The van der Waals surface area contributed by atoms with Gasteiger partial charge in [0.2, 0.25) is 5.91 Å². The van der Waals surface area contributed by atoms with Gasteiger partial charge in [-0.15, -0.1) is 0 Å². The van der Waals surface area contributed by atoms with E-state index in [1.165, 1.54) is 42.5 Å². The van der Waals surface area contributed by atoms with Gasteiger partial charge in [-0.25, -0.2) is 4.39 Å². The first kappa shape index (κ1) is 18.9. The molecule has 2 aromatic rings. The van der Waals surface area contributed by atoms with E-state index >= 15 is 0 Å². The number of halogens is 4. The molecule has 1 N–H and O–H groups in total. The second-order valence-electron chi connectivity index (χ2n) is 6.30. The maximum absolute atomic E-state index is 13.0. The van der Waals surface area contributed by atoms with Crippen molar-refractivity contribution >= 4 is 23.4 Å². The molecule has 0 bridgehead atoms. The van der Waals surface area contributed by atoms with Gasteiger partial charge in [0.25, 0.3) is 0 Å². The lowest BCUT2D eigenvalue weighted by atomic mass is 10.1. The van der Waals surface area contributed by atoms with Crippen molar-refractivity contribution in [1.29, 1.82) is 0 Å². The van der Waals surface area contributed by atoms with E-state index in [9.17, 15) is 22.4 Å². The van der Waals surface area contributed by atoms with Crippen LogP contribution in [-0.4, -0.2) is 19.0 Å². The Hall–Kier alpha value is -2.83. The molecular formula is C20H18F4N2O. The second kappa shape index (κ2) is 7.82. The van der Waals surface area contributed by atoms with Crippen LogP contribution in [0.25, 0.3) is 6.08 Å². The summed E-state index contributed by atoms with van der Waals surface area (Å²) in [5.74, 6) is -0.949. The van der Waals surface area contributed by atoms with Gasteiger partial charge in [0.15, 0.2) is 0 Å². The lowest BCUT2D eigenvalue weighted by molar-refractivity contribution is -0.137. The van der Waals surface area contributed by atoms with Crippen molar-refractivity contribution in [3.05, 3.63) is 65.5 Å². The molecule has 0 atom stereocenters. The zero-order valence-corrected chi connectivity index (χ0v) is 14.4. The summed E-state index contributed by atoms with van der Waals surface area (Å²) in [6.45, 7) is 1.47. The van der Waals surface area contributed by atoms with Crippen molar-refractivity contribution < 1.29 is 22.4 Å². The van der Waals surface area contributed by atoms with E-state index in [2.05, 4.69) is 5.32 Å². The number of nitrogens with zero attached hydrogens (tertiary/aromatic N) is 1. The fourth-order valence-corrected chi connectivity index (χ4v) is 2.97. The number of alkyl halides is 3. The molecule has 3 nitrogen and oxygen atoms in total. The summed E-state index contributed by atoms with van der Waals surface area (Å²) in [6, 6.07) is 8.90. The van der Waals surface area contributed by atoms with Crippen LogP contribution in [0.3, 0.4) is 0 Å². The van der Waals surface area contributed by atoms with Gasteiger partial charge in [0, 0.05) is 19.2 Å². The van der Waals surface area contributed by atoms with Crippen molar-refractivity contribution in [3.63, 3.8) is 0 Å². The van der Waals surface area contributed by atoms with E-state index in [-0.39, 0.29) is 5.69 Å². The van der Waals surface area contributed by atoms with Gasteiger partial charge in [0.05, 0.1) is 16.9 Å². The predicted octanol–water partition coefficient (Wildman–Crippen LogP) is 5.10. The van der Waals surface area contributed by atoms with Crippen LogP contribution in [0, 0.1) is 5.82 Å². The summed E-state index contributed by atoms with van der Waals surface area (Å²) in [4.78, 5) is 14.2. The summed E-state index contributed by atoms with van der Waals surface area (Å²) < 4.78 is 52.0. The molecule has 0 saturated carbocycles. The third-order valence-electron chi connectivity index (χ3n) is 4.33. The quantitative estimate of drug-likeness (QED) is 0.593. The molecule has 1 saturated heterocycles. The van der Waals surface area contributed by atoms with Gasteiger partial charge < -0.3 is 10.2 Å². The molecule has 1 aliphatic rings. The van der Waals surface area contributed by atoms with Crippen molar-refractivity contribution in [2.75, 3.05) is 23.3 Å². The molecule has 1 amide bonds. The maximum atomic E-state index is 13.0. The Morgan fingerprint density at radius 3 is 2.33 bits per heavy atom. The van der Waals surface area contributed by atoms with Crippen LogP contribution in [0.5, 0.6) is 0 Å². The Morgan fingerprint density at radius 2 is 1.70 bits per heavy atom. The Labute approximate surface area is 154 Å². The molecule has 0 radical (unpaired) electrons. The topological polar surface area (TPSA) is 32.3 Å². The minimum atomic E-state index is -4.49. The van der Waals surface area contributed by atoms with Crippen LogP contribution in [0.4, 0.5) is 28.9 Å². The molecule has 1 aliphatic heterocycles. The Bertz CT molecular complexity index is 838. The first-order valence-corrected chi connectivity index (χ1v) is 8.54. The highest BCUT2D eigenvalue weighted by atomic mass is 19.4. The van der Waals surface area contributed by atoms with Crippen LogP contribution in [0.2, 0.25) is 0 Å². The highest BCUT2D eigenvalue weighted by Gasteiger charge is 2.31. The van der Waals surface area contributed by atoms with E-state index in [0.717, 1.165) is 38.1 Å². The second-order valence-corrected chi connectivity index (χ2v) is 6.30. The van der Waals surface area contributed by atoms with Crippen LogP contribution in [0.15, 0.2) is 48.5 Å². The number of carbonyl (C=O) groups is 1. The number of hydrogen-bond donors (Lipinski definition) is 1. The molecule has 142 valence electrons. The Balaban J connectivity index is 1.82. The van der Waals surface area contributed by atoms with E-state index in [4.69, 9.17) is 0 Å². The van der Waals surface area contributed by atoms with Crippen molar-refractivity contribution in [1.82, 2.24) is 0 Å². The van der Waals surface area contributed by atoms with Gasteiger partial charge in [-0.05, 0) is 54.8 Å². The van der Waals surface area contributed by atoms with Gasteiger partial charge in [0.1, 0.15) is 5.82 Å². The highest BCUT2D eigenvalue weighted by Crippen LogP contribution is 2.36. The molecule has 1 fully saturated rings. The number of rotatable bonds is 4. The summed E-state index contributed by atoms with van der Waals surface area (Å²) in [5.41, 5.74) is 0.489. The Kier molecular flexibility index (Phi) is 5.48. The minimum absolute atomic E-state index is 0.125. The standard InChI is InChI=1S/C20H18F4N2O/c21-16-7-3-14(4-8-16)5-10-19(27)25-17-13-15(20(22,23)24)6-9-18(17)26-11-1-2-12-26/h3-10,13H,1-2,11-12H2,(H,25,27)/b10-5+. The average Bonchev–Trinajstić information content (AvgIpc) is 3.15. The number of amides is 1. The van der Waals surface area contributed by atoms with E-state index < -0.39 is 23.5 Å². The molecule has 0 aliphatic carbocycles. The SMILES string of the molecule is O=C(/C=C/c1ccc(F)cc1)Nc1cc(C(F)(F)F)ccc1N1CCCC1. The van der Waals surface area contributed by atoms with Crippen molar-refractivity contribution in [3.8, 4) is 0 Å². The van der Waals surface area contributed by atoms with Gasteiger partial charge in [-0.2, -0.15) is 13.2 Å². The lowest BCUT2D eigenvalue weighted by Gasteiger charge is -2.22. The molecule has 27 heavy (non-hydrogen) atoms. The number of anilines is 2. The smallest absolute Gasteiger partial charge is 0.370 e. The molecule has 3 rings (SSSR count). The summed E-state index contributed by atoms with van der Waals surface area (Å²) in [7, 11) is 0. The molecule has 0 spiro atoms. The van der Waals surface area contributed by atoms with Crippen LogP contribution in [-0.2, 0) is 11.0 Å². The number of hydrogen-bond acceptors (Lipinski definition) is 2. The van der Waals surface area contributed by atoms with Gasteiger partial charge in [-0.3, -0.25) is 4.79 Å². The summed E-state index contributed by atoms with van der Waals surface area (Å²) in [5, 5.41) is 2.54. The zero-order valence-electron chi connectivity index (χ0n) is 14.4. The maximum Gasteiger partial charge on any atom is 0.416 e. The number of carbonyl (C=O) groups excluding carboxylic acids is 1. The fourth-order valence-electron chi connectivity index (χ4n) is 2.97. The monoisotopic (exact) mass is 378 g/mol. The van der Waals surface area contributed by atoms with E-state index in [1.807, 2.05) is 4.90 Å². The molecule has 0 aromatic heterocycles. The third-order valence-corrected chi connectivity index (χ3v) is 4.33. The summed E-state index contributed by atoms with van der Waals surface area (Å²) in [6.07, 6.45) is 0.101. The van der Waals surface area contributed by atoms with Crippen LogP contribution < -0.4 is 10.2 Å². The fraction of sp³-hybridized carbons (Fsp3) is 0.250.